The molecule has 1 aromatic carbocycles. The average Bonchev–Trinajstić information content (AvgIpc) is 3.21. The number of nitrogens with zero attached hydrogens (tertiary/aromatic N) is 2. The number of nitrogens with one attached hydrogen (secondary N) is 2. The summed E-state index contributed by atoms with van der Waals surface area (Å²) < 4.78 is 15.4. The van der Waals surface area contributed by atoms with Crippen LogP contribution in [0.3, 0.4) is 0 Å². The van der Waals surface area contributed by atoms with Crippen LogP contribution in [0.2, 0.25) is 0 Å². The third-order valence-corrected chi connectivity index (χ3v) is 4.46. The highest BCUT2D eigenvalue weighted by molar-refractivity contribution is 5.80. The van der Waals surface area contributed by atoms with Crippen molar-refractivity contribution in [3.8, 4) is 0 Å². The Hall–Kier alpha value is -2.25. The second-order valence-corrected chi connectivity index (χ2v) is 6.12. The molecule has 128 valence electrons. The van der Waals surface area contributed by atoms with Crippen molar-refractivity contribution in [2.24, 2.45) is 13.0 Å². The smallest absolute Gasteiger partial charge is 0.225 e. The molecule has 1 aliphatic heterocycles. The van der Waals surface area contributed by atoms with E-state index in [2.05, 4.69) is 15.7 Å². The van der Waals surface area contributed by atoms with Crippen molar-refractivity contribution in [2.75, 3.05) is 13.1 Å². The Morgan fingerprint density at radius 3 is 3.00 bits per heavy atom. The summed E-state index contributed by atoms with van der Waals surface area (Å²) in [6.45, 7) is 1.28. The maximum absolute atomic E-state index is 13.7. The van der Waals surface area contributed by atoms with Crippen LogP contribution in [0.4, 0.5) is 4.39 Å². The number of aryl methyl sites for hydroxylation is 1. The molecule has 1 amide bonds. The lowest BCUT2D eigenvalue weighted by Gasteiger charge is -2.17. The summed E-state index contributed by atoms with van der Waals surface area (Å²) in [7, 11) is 1.85. The molecule has 0 bridgehead atoms. The van der Waals surface area contributed by atoms with Crippen molar-refractivity contribution in [3.05, 3.63) is 53.1 Å². The molecule has 3 rings (SSSR count). The van der Waals surface area contributed by atoms with Crippen LogP contribution in [-0.2, 0) is 25.0 Å². The van der Waals surface area contributed by atoms with Crippen LogP contribution in [-0.4, -0.2) is 33.9 Å². The summed E-state index contributed by atoms with van der Waals surface area (Å²) in [4.78, 5) is 12.5. The maximum atomic E-state index is 13.7. The van der Waals surface area contributed by atoms with Crippen LogP contribution in [0, 0.1) is 11.7 Å². The van der Waals surface area contributed by atoms with Crippen LogP contribution in [0.25, 0.3) is 0 Å². The second-order valence-electron chi connectivity index (χ2n) is 6.12. The zero-order valence-corrected chi connectivity index (χ0v) is 13.5. The molecule has 3 N–H and O–H groups in total. The van der Waals surface area contributed by atoms with Gasteiger partial charge in [0.2, 0.25) is 5.91 Å². The highest BCUT2D eigenvalue weighted by atomic mass is 19.1. The van der Waals surface area contributed by atoms with Gasteiger partial charge in [-0.15, -0.1) is 0 Å². The minimum Gasteiger partial charge on any atom is -0.392 e. The van der Waals surface area contributed by atoms with E-state index in [9.17, 15) is 9.18 Å². The van der Waals surface area contributed by atoms with Gasteiger partial charge in [-0.3, -0.25) is 9.48 Å². The predicted molar refractivity (Wildman–Crippen MR) is 86.5 cm³/mol. The zero-order chi connectivity index (χ0) is 17.1. The van der Waals surface area contributed by atoms with Gasteiger partial charge in [0.25, 0.3) is 0 Å². The van der Waals surface area contributed by atoms with Gasteiger partial charge in [0.15, 0.2) is 0 Å². The van der Waals surface area contributed by atoms with Gasteiger partial charge < -0.3 is 15.7 Å². The first kappa shape index (κ1) is 16.6. The first-order valence-electron chi connectivity index (χ1n) is 7.93. The van der Waals surface area contributed by atoms with Gasteiger partial charge in [0.1, 0.15) is 5.82 Å². The van der Waals surface area contributed by atoms with Gasteiger partial charge in [-0.2, -0.15) is 5.10 Å². The van der Waals surface area contributed by atoms with Gasteiger partial charge in [-0.1, -0.05) is 12.1 Å². The van der Waals surface area contributed by atoms with Gasteiger partial charge in [0.05, 0.1) is 18.7 Å². The van der Waals surface area contributed by atoms with Crippen molar-refractivity contribution in [2.45, 2.75) is 19.1 Å². The van der Waals surface area contributed by atoms with Crippen molar-refractivity contribution < 1.29 is 14.3 Å². The summed E-state index contributed by atoms with van der Waals surface area (Å²) in [5.74, 6) is -0.594. The third-order valence-electron chi connectivity index (χ3n) is 4.46. The highest BCUT2D eigenvalue weighted by Crippen LogP contribution is 2.28. The number of halogens is 1. The van der Waals surface area contributed by atoms with Crippen molar-refractivity contribution in [1.29, 1.82) is 0 Å². The van der Waals surface area contributed by atoms with Gasteiger partial charge in [0, 0.05) is 44.4 Å². The molecular weight excluding hydrogens is 311 g/mol. The number of aromatic nitrogens is 2. The van der Waals surface area contributed by atoms with Crippen molar-refractivity contribution in [1.82, 2.24) is 20.4 Å². The summed E-state index contributed by atoms with van der Waals surface area (Å²) in [5, 5.41) is 19.3. The third kappa shape index (κ3) is 3.47. The Balaban J connectivity index is 1.63. The van der Waals surface area contributed by atoms with E-state index in [0.717, 1.165) is 12.1 Å². The minimum atomic E-state index is -0.458. The first-order valence-corrected chi connectivity index (χ1v) is 7.93. The van der Waals surface area contributed by atoms with Crippen molar-refractivity contribution >= 4 is 5.91 Å². The lowest BCUT2D eigenvalue weighted by molar-refractivity contribution is -0.125. The molecule has 2 atom stereocenters. The number of amides is 1. The molecule has 2 aromatic rings. The van der Waals surface area contributed by atoms with E-state index in [0.29, 0.717) is 12.1 Å². The normalized spacial score (nSPS) is 20.3. The Bertz CT molecular complexity index is 731. The monoisotopic (exact) mass is 332 g/mol. The number of aliphatic hydroxyl groups is 1. The van der Waals surface area contributed by atoms with Crippen LogP contribution in [0.1, 0.15) is 22.6 Å². The molecule has 0 saturated carbocycles. The van der Waals surface area contributed by atoms with Crippen LogP contribution in [0.15, 0.2) is 30.6 Å². The van der Waals surface area contributed by atoms with Gasteiger partial charge >= 0.3 is 0 Å². The lowest BCUT2D eigenvalue weighted by atomic mass is 9.90. The fourth-order valence-corrected chi connectivity index (χ4v) is 3.09. The van der Waals surface area contributed by atoms with Crippen LogP contribution in [0.5, 0.6) is 0 Å². The number of carbonyl (C=O) groups is 1. The van der Waals surface area contributed by atoms with Crippen molar-refractivity contribution in [3.63, 3.8) is 0 Å². The molecule has 2 heterocycles. The lowest BCUT2D eigenvalue weighted by Crippen LogP contribution is -2.34. The number of benzene rings is 1. The molecular formula is C17H21FN4O2. The molecule has 0 aliphatic carbocycles. The Morgan fingerprint density at radius 2 is 2.33 bits per heavy atom. The first-order chi connectivity index (χ1) is 11.6. The molecule has 1 aliphatic rings. The van der Waals surface area contributed by atoms with E-state index in [1.54, 1.807) is 16.9 Å². The minimum absolute atomic E-state index is 0.0551. The SMILES string of the molecule is Cn1cc([C@H]2CNC[C@@H]2C(=O)NCc2ccc(CO)c(F)c2)cn1. The Labute approximate surface area is 139 Å². The fraction of sp³-hybridized carbons (Fsp3) is 0.412. The van der Waals surface area contributed by atoms with Crippen LogP contribution >= 0.6 is 0 Å². The van der Waals surface area contributed by atoms with Crippen LogP contribution < -0.4 is 10.6 Å². The standard InChI is InChI=1S/C17H21FN4O2/c1-22-9-13(6-21-22)14-7-19-8-15(14)17(24)20-5-11-2-3-12(10-23)16(18)4-11/h2-4,6,9,14-15,19,23H,5,7-8,10H2,1H3,(H,20,24)/t14-,15+/m1/s1. The molecule has 0 spiro atoms. The van der Waals surface area contributed by atoms with E-state index in [1.165, 1.54) is 12.1 Å². The number of carbonyl (C=O) groups excluding carboxylic acids is 1. The number of rotatable bonds is 5. The topological polar surface area (TPSA) is 79.2 Å². The molecule has 1 aromatic heterocycles. The quantitative estimate of drug-likeness (QED) is 0.752. The molecule has 7 heteroatoms. The zero-order valence-electron chi connectivity index (χ0n) is 13.5. The van der Waals surface area contributed by atoms with E-state index < -0.39 is 5.82 Å². The highest BCUT2D eigenvalue weighted by Gasteiger charge is 2.34. The van der Waals surface area contributed by atoms with E-state index in [-0.39, 0.29) is 36.5 Å². The number of aliphatic hydroxyl groups excluding tert-OH is 1. The predicted octanol–water partition coefficient (Wildman–Crippen LogP) is 0.671. The van der Waals surface area contributed by atoms with E-state index in [4.69, 9.17) is 5.11 Å². The second kappa shape index (κ2) is 7.11. The largest absolute Gasteiger partial charge is 0.392 e. The molecule has 0 unspecified atom stereocenters. The summed E-state index contributed by atoms with van der Waals surface area (Å²) in [5.41, 5.74) is 1.96. The summed E-state index contributed by atoms with van der Waals surface area (Å²) in [6, 6.07) is 4.59. The van der Waals surface area contributed by atoms with E-state index in [1.807, 2.05) is 13.2 Å². The molecule has 24 heavy (non-hydrogen) atoms. The molecule has 1 fully saturated rings. The van der Waals surface area contributed by atoms with E-state index >= 15 is 0 Å². The molecule has 0 radical (unpaired) electrons. The fourth-order valence-electron chi connectivity index (χ4n) is 3.09. The summed E-state index contributed by atoms with van der Waals surface area (Å²) in [6.07, 6.45) is 3.72. The molecule has 1 saturated heterocycles. The number of hydrogen-bond acceptors (Lipinski definition) is 4. The number of hydrogen-bond donors (Lipinski definition) is 3. The summed E-state index contributed by atoms with van der Waals surface area (Å²) >= 11 is 0. The van der Waals surface area contributed by atoms with Gasteiger partial charge in [-0.05, 0) is 17.2 Å². The Kier molecular flexibility index (Phi) is 4.92. The van der Waals surface area contributed by atoms with Gasteiger partial charge in [-0.25, -0.2) is 4.39 Å². The average molecular weight is 332 g/mol. The Morgan fingerprint density at radius 1 is 1.50 bits per heavy atom. The molecule has 6 nitrogen and oxygen atoms in total. The maximum Gasteiger partial charge on any atom is 0.225 e.